The summed E-state index contributed by atoms with van der Waals surface area (Å²) in [5, 5.41) is 0. The lowest BCUT2D eigenvalue weighted by molar-refractivity contribution is -0.126. The first-order valence-electron chi connectivity index (χ1n) is 17.6. The van der Waals surface area contributed by atoms with E-state index in [0.717, 1.165) is 38.5 Å². The van der Waals surface area contributed by atoms with Gasteiger partial charge < -0.3 is 5.73 Å². The standard InChI is InChI=1S/C36H71NO/c1-4-7-10-12-14-16-18-20-21-23-25-27-29-31-34-36(35(37)38,32-9-6-3)33-30-28-26-24-22-19-17-15-13-11-8-5-2/h31,34H,4-30,32-33H2,1-3H3,(H2,37,38). The lowest BCUT2D eigenvalue weighted by Gasteiger charge is -2.27. The lowest BCUT2D eigenvalue weighted by atomic mass is 9.76. The second-order valence-electron chi connectivity index (χ2n) is 12.3. The van der Waals surface area contributed by atoms with E-state index >= 15 is 0 Å². The minimum Gasteiger partial charge on any atom is -0.369 e. The first kappa shape index (κ1) is 37.2. The molecule has 38 heavy (non-hydrogen) atoms. The Bertz CT molecular complexity index is 513. The largest absolute Gasteiger partial charge is 0.369 e. The first-order valence-corrected chi connectivity index (χ1v) is 17.6. The summed E-state index contributed by atoms with van der Waals surface area (Å²) in [5.74, 6) is -0.0973. The Balaban J connectivity index is 4.05. The summed E-state index contributed by atoms with van der Waals surface area (Å²) in [5.41, 5.74) is 5.60. The van der Waals surface area contributed by atoms with Crippen LogP contribution in [-0.2, 0) is 4.79 Å². The van der Waals surface area contributed by atoms with Crippen molar-refractivity contribution in [2.45, 2.75) is 207 Å². The zero-order valence-electron chi connectivity index (χ0n) is 26.6. The molecular formula is C36H71NO. The summed E-state index contributed by atoms with van der Waals surface area (Å²) in [6.45, 7) is 6.79. The van der Waals surface area contributed by atoms with Gasteiger partial charge in [0.2, 0.25) is 5.91 Å². The lowest BCUT2D eigenvalue weighted by Crippen LogP contribution is -2.35. The van der Waals surface area contributed by atoms with Gasteiger partial charge in [0, 0.05) is 0 Å². The van der Waals surface area contributed by atoms with Gasteiger partial charge in [-0.15, -0.1) is 0 Å². The van der Waals surface area contributed by atoms with Crippen molar-refractivity contribution in [1.29, 1.82) is 0 Å². The van der Waals surface area contributed by atoms with Crippen LogP contribution in [-0.4, -0.2) is 5.91 Å². The zero-order valence-corrected chi connectivity index (χ0v) is 26.6. The van der Waals surface area contributed by atoms with Crippen molar-refractivity contribution in [3.05, 3.63) is 12.2 Å². The molecule has 0 radical (unpaired) electrons. The predicted octanol–water partition coefficient (Wildman–Crippen LogP) is 12.4. The molecule has 226 valence electrons. The van der Waals surface area contributed by atoms with Crippen LogP contribution in [0.4, 0.5) is 0 Å². The van der Waals surface area contributed by atoms with Crippen LogP contribution in [0.5, 0.6) is 0 Å². The van der Waals surface area contributed by atoms with Gasteiger partial charge in [0.05, 0.1) is 5.41 Å². The van der Waals surface area contributed by atoms with Crippen LogP contribution < -0.4 is 5.73 Å². The monoisotopic (exact) mass is 534 g/mol. The highest BCUT2D eigenvalue weighted by atomic mass is 16.1. The van der Waals surface area contributed by atoms with Gasteiger partial charge >= 0.3 is 0 Å². The van der Waals surface area contributed by atoms with Gasteiger partial charge in [-0.25, -0.2) is 0 Å². The fraction of sp³-hybridized carbons (Fsp3) is 0.917. The number of hydrogen-bond acceptors (Lipinski definition) is 1. The third-order valence-electron chi connectivity index (χ3n) is 8.60. The second kappa shape index (κ2) is 29.2. The minimum atomic E-state index is -0.411. The molecule has 0 aliphatic heterocycles. The summed E-state index contributed by atoms with van der Waals surface area (Å²) >= 11 is 0. The third kappa shape index (κ3) is 23.1. The van der Waals surface area contributed by atoms with Crippen molar-refractivity contribution >= 4 is 5.91 Å². The molecule has 0 fully saturated rings. The number of unbranched alkanes of at least 4 members (excludes halogenated alkanes) is 24. The van der Waals surface area contributed by atoms with Crippen molar-refractivity contribution in [2.75, 3.05) is 0 Å². The molecule has 2 N–H and O–H groups in total. The van der Waals surface area contributed by atoms with Crippen molar-refractivity contribution in [3.8, 4) is 0 Å². The van der Waals surface area contributed by atoms with Crippen molar-refractivity contribution in [2.24, 2.45) is 11.1 Å². The first-order chi connectivity index (χ1) is 18.6. The minimum absolute atomic E-state index is 0.0973. The third-order valence-corrected chi connectivity index (χ3v) is 8.60. The molecule has 0 spiro atoms. The van der Waals surface area contributed by atoms with Crippen molar-refractivity contribution in [3.63, 3.8) is 0 Å². The summed E-state index contributed by atoms with van der Waals surface area (Å²) in [7, 11) is 0. The smallest absolute Gasteiger partial charge is 0.227 e. The van der Waals surface area contributed by atoms with Gasteiger partial charge in [0.25, 0.3) is 0 Å². The molecule has 1 unspecified atom stereocenters. The quantitative estimate of drug-likeness (QED) is 0.0698. The maximum absolute atomic E-state index is 12.6. The number of amides is 1. The summed E-state index contributed by atoms with van der Waals surface area (Å²) in [4.78, 5) is 12.6. The topological polar surface area (TPSA) is 43.1 Å². The van der Waals surface area contributed by atoms with Gasteiger partial charge in [-0.3, -0.25) is 4.79 Å². The number of nitrogens with two attached hydrogens (primary N) is 1. The van der Waals surface area contributed by atoms with Crippen LogP contribution in [0.3, 0.4) is 0 Å². The maximum atomic E-state index is 12.6. The van der Waals surface area contributed by atoms with Crippen LogP contribution in [0.1, 0.15) is 207 Å². The molecule has 0 rings (SSSR count). The molecule has 1 amide bonds. The van der Waals surface area contributed by atoms with Crippen LogP contribution in [0.2, 0.25) is 0 Å². The Morgan fingerprint density at radius 3 is 1.16 bits per heavy atom. The fourth-order valence-electron chi connectivity index (χ4n) is 5.81. The van der Waals surface area contributed by atoms with E-state index < -0.39 is 5.41 Å². The molecule has 0 bridgehead atoms. The van der Waals surface area contributed by atoms with Gasteiger partial charge in [-0.1, -0.05) is 193 Å². The van der Waals surface area contributed by atoms with Crippen LogP contribution >= 0.6 is 0 Å². The van der Waals surface area contributed by atoms with E-state index in [1.165, 1.54) is 148 Å². The van der Waals surface area contributed by atoms with Crippen LogP contribution in [0, 0.1) is 5.41 Å². The number of carbonyl (C=O) groups is 1. The average Bonchev–Trinajstić information content (AvgIpc) is 2.91. The van der Waals surface area contributed by atoms with Gasteiger partial charge in [0.1, 0.15) is 0 Å². The Morgan fingerprint density at radius 1 is 0.474 bits per heavy atom. The molecule has 2 nitrogen and oxygen atoms in total. The molecule has 0 aromatic carbocycles. The highest BCUT2D eigenvalue weighted by Gasteiger charge is 2.32. The highest BCUT2D eigenvalue weighted by Crippen LogP contribution is 2.33. The second-order valence-corrected chi connectivity index (χ2v) is 12.3. The molecule has 0 saturated heterocycles. The number of carbonyl (C=O) groups excluding carboxylic acids is 1. The molecule has 0 heterocycles. The van der Waals surface area contributed by atoms with E-state index in [9.17, 15) is 4.79 Å². The number of rotatable bonds is 31. The van der Waals surface area contributed by atoms with E-state index in [1.54, 1.807) is 0 Å². The average molecular weight is 534 g/mol. The molecule has 1 atom stereocenters. The predicted molar refractivity (Wildman–Crippen MR) is 172 cm³/mol. The van der Waals surface area contributed by atoms with E-state index in [1.807, 2.05) is 0 Å². The van der Waals surface area contributed by atoms with Gasteiger partial charge in [-0.05, 0) is 25.7 Å². The van der Waals surface area contributed by atoms with Crippen LogP contribution in [0.15, 0.2) is 12.2 Å². The summed E-state index contributed by atoms with van der Waals surface area (Å²) in [6.07, 6.45) is 42.5. The summed E-state index contributed by atoms with van der Waals surface area (Å²) in [6, 6.07) is 0. The molecule has 0 aromatic heterocycles. The van der Waals surface area contributed by atoms with Crippen molar-refractivity contribution < 1.29 is 4.79 Å². The van der Waals surface area contributed by atoms with E-state index in [-0.39, 0.29) is 5.91 Å². The number of hydrogen-bond donors (Lipinski definition) is 1. The van der Waals surface area contributed by atoms with Crippen molar-refractivity contribution in [1.82, 2.24) is 0 Å². The van der Waals surface area contributed by atoms with E-state index in [2.05, 4.69) is 32.9 Å². The summed E-state index contributed by atoms with van der Waals surface area (Å²) < 4.78 is 0. The molecule has 0 saturated carbocycles. The number of primary amides is 1. The fourth-order valence-corrected chi connectivity index (χ4v) is 5.81. The Kier molecular flexibility index (Phi) is 28.6. The normalized spacial score (nSPS) is 13.3. The molecular weight excluding hydrogens is 462 g/mol. The molecule has 0 aliphatic rings. The van der Waals surface area contributed by atoms with E-state index in [4.69, 9.17) is 5.73 Å². The SMILES string of the molecule is CCCCCCCCCCCCCCC=CC(CCCC)(CCCCCCCCCCCCCC)C(N)=O. The zero-order chi connectivity index (χ0) is 28.0. The molecule has 0 aliphatic carbocycles. The maximum Gasteiger partial charge on any atom is 0.227 e. The van der Waals surface area contributed by atoms with Crippen LogP contribution in [0.25, 0.3) is 0 Å². The van der Waals surface area contributed by atoms with E-state index in [0.29, 0.717) is 0 Å². The molecule has 0 aromatic rings. The Labute approximate surface area is 240 Å². The molecule has 2 heteroatoms. The highest BCUT2D eigenvalue weighted by molar-refractivity contribution is 5.82. The number of allylic oxidation sites excluding steroid dienone is 1. The van der Waals surface area contributed by atoms with Gasteiger partial charge in [0.15, 0.2) is 0 Å². The van der Waals surface area contributed by atoms with Gasteiger partial charge in [-0.2, -0.15) is 0 Å². The Morgan fingerprint density at radius 2 is 0.789 bits per heavy atom. The Hall–Kier alpha value is -0.790.